The third-order valence-electron chi connectivity index (χ3n) is 11.9. The summed E-state index contributed by atoms with van der Waals surface area (Å²) in [4.78, 5) is 0.967. The first-order valence-electron chi connectivity index (χ1n) is 27.9. The van der Waals surface area contributed by atoms with E-state index >= 15 is 0 Å². The first kappa shape index (κ1) is 71.0. The molecule has 2 aliphatic carbocycles. The molecular formula is C69H104O4S. The predicted octanol–water partition coefficient (Wildman–Crippen LogP) is 21.5. The van der Waals surface area contributed by atoms with E-state index in [1.165, 1.54) is 28.8 Å². The van der Waals surface area contributed by atoms with Gasteiger partial charge < -0.3 is 19.1 Å². The van der Waals surface area contributed by atoms with Gasteiger partial charge in [0.15, 0.2) is 0 Å². The van der Waals surface area contributed by atoms with Crippen molar-refractivity contribution in [3.8, 4) is 0 Å². The SMILES string of the molecule is CC.CC.CC.CC.CC1=C(C(C)/C=C/C(C)C)C2=CC=CCC2(C)C=C1.C\C=C/C=C(C(/C)=C(O)/C(=C\CC(C)C)C(/C)=C(C)/C=C\c1ccccc1)\C(=C/C)OCCCOSc1ccccc1/C(=C/C)CO. The van der Waals surface area contributed by atoms with Crippen LogP contribution in [0.2, 0.25) is 0 Å². The van der Waals surface area contributed by atoms with Crippen molar-refractivity contribution in [3.05, 3.63) is 207 Å². The standard InChI is InChI=1S/C42H54O4S.C19H26.4C2H6/c1-9-12-21-37(40(11-3)45-28-18-29-46-47-41-23-17-16-22-39(41)36(10-2)30-43)34(8)42(44)38(27-24-31(4)5)33(7)32(6)25-26-35-19-14-13-15-20-35;1-14(2)9-10-15(3)18-16(4)11-13-19(5)12-7-6-8-17(18)19;4*1-2/h9-17,19-23,25-27,31,43-44H,18,24,28-30H2,1-8H3;6-11,13-15H,12H2,1-5H3;4*1-2H3/b12-9-,26-25-,33-32+,36-10+,37-21-,38-27-,40-11+,42-34-;10-9+;;;;. The number of benzene rings is 2. The minimum absolute atomic E-state index is 0.0175. The van der Waals surface area contributed by atoms with Gasteiger partial charge in [-0.1, -0.05) is 231 Å². The zero-order valence-corrected chi connectivity index (χ0v) is 51.3. The molecule has 0 bridgehead atoms. The van der Waals surface area contributed by atoms with Gasteiger partial charge in [-0.3, -0.25) is 0 Å². The van der Waals surface area contributed by atoms with E-state index in [0.717, 1.165) is 62.3 Å². The Labute approximate surface area is 459 Å². The van der Waals surface area contributed by atoms with E-state index in [-0.39, 0.29) is 17.8 Å². The van der Waals surface area contributed by atoms with Crippen molar-refractivity contribution in [2.75, 3.05) is 19.8 Å². The van der Waals surface area contributed by atoms with Crippen molar-refractivity contribution in [3.63, 3.8) is 0 Å². The van der Waals surface area contributed by atoms with E-state index < -0.39 is 0 Å². The van der Waals surface area contributed by atoms with E-state index in [9.17, 15) is 10.2 Å². The van der Waals surface area contributed by atoms with E-state index in [4.69, 9.17) is 8.92 Å². The van der Waals surface area contributed by atoms with Crippen molar-refractivity contribution in [2.24, 2.45) is 23.2 Å². The summed E-state index contributed by atoms with van der Waals surface area (Å²) in [7, 11) is 0. The highest BCUT2D eigenvalue weighted by Gasteiger charge is 2.33. The van der Waals surface area contributed by atoms with E-state index in [0.29, 0.717) is 43.1 Å². The molecule has 0 fully saturated rings. The van der Waals surface area contributed by atoms with Crippen molar-refractivity contribution >= 4 is 23.7 Å². The number of aliphatic hydroxyl groups is 2. The van der Waals surface area contributed by atoms with Gasteiger partial charge in [0.05, 0.1) is 19.8 Å². The minimum Gasteiger partial charge on any atom is -0.507 e. The highest BCUT2D eigenvalue weighted by atomic mass is 32.2. The molecule has 2 aromatic rings. The van der Waals surface area contributed by atoms with Crippen LogP contribution in [0.1, 0.15) is 176 Å². The molecule has 4 rings (SSSR count). The largest absolute Gasteiger partial charge is 0.507 e. The van der Waals surface area contributed by atoms with Gasteiger partial charge >= 0.3 is 0 Å². The van der Waals surface area contributed by atoms with Gasteiger partial charge in [-0.2, -0.15) is 0 Å². The molecule has 410 valence electrons. The molecule has 0 amide bonds. The zero-order chi connectivity index (χ0) is 56.6. The van der Waals surface area contributed by atoms with E-state index in [2.05, 4.69) is 135 Å². The van der Waals surface area contributed by atoms with Gasteiger partial charge in [-0.25, -0.2) is 0 Å². The molecule has 0 aliphatic heterocycles. The predicted molar refractivity (Wildman–Crippen MR) is 333 cm³/mol. The summed E-state index contributed by atoms with van der Waals surface area (Å²) in [6.45, 7) is 44.6. The van der Waals surface area contributed by atoms with Crippen LogP contribution in [0.3, 0.4) is 0 Å². The van der Waals surface area contributed by atoms with Crippen LogP contribution in [0.4, 0.5) is 0 Å². The molecule has 0 spiro atoms. The Morgan fingerprint density at radius 2 is 1.43 bits per heavy atom. The molecule has 4 nitrogen and oxygen atoms in total. The Morgan fingerprint density at radius 3 is 2.01 bits per heavy atom. The summed E-state index contributed by atoms with van der Waals surface area (Å²) in [5.41, 5.74) is 12.2. The summed E-state index contributed by atoms with van der Waals surface area (Å²) in [6, 6.07) is 18.1. The molecule has 0 radical (unpaired) electrons. The zero-order valence-electron chi connectivity index (χ0n) is 50.5. The minimum atomic E-state index is -0.0175. The lowest BCUT2D eigenvalue weighted by atomic mass is 9.67. The second kappa shape index (κ2) is 42.2. The fourth-order valence-electron chi connectivity index (χ4n) is 7.71. The van der Waals surface area contributed by atoms with Crippen molar-refractivity contribution in [2.45, 2.75) is 170 Å². The fourth-order valence-corrected chi connectivity index (χ4v) is 8.46. The summed E-state index contributed by atoms with van der Waals surface area (Å²) < 4.78 is 12.2. The van der Waals surface area contributed by atoms with Crippen LogP contribution in [0.15, 0.2) is 201 Å². The molecule has 0 heterocycles. The van der Waals surface area contributed by atoms with Crippen LogP contribution >= 0.6 is 12.0 Å². The Bertz CT molecular complexity index is 2290. The van der Waals surface area contributed by atoms with Crippen molar-refractivity contribution in [1.29, 1.82) is 0 Å². The second-order valence-corrected chi connectivity index (χ2v) is 18.9. The maximum absolute atomic E-state index is 11.8. The number of hydrogen-bond donors (Lipinski definition) is 2. The number of allylic oxidation sites excluding steroid dienone is 20. The molecule has 0 saturated carbocycles. The summed E-state index contributed by atoms with van der Waals surface area (Å²) in [5.74, 6) is 2.51. The third-order valence-corrected chi connectivity index (χ3v) is 12.7. The summed E-state index contributed by atoms with van der Waals surface area (Å²) in [6.07, 6.45) is 35.0. The lowest BCUT2D eigenvalue weighted by Gasteiger charge is -2.37. The molecular weight excluding hydrogens is 925 g/mol. The van der Waals surface area contributed by atoms with Crippen LogP contribution < -0.4 is 0 Å². The Hall–Kier alpha value is -5.07. The van der Waals surface area contributed by atoms with E-state index in [1.807, 2.05) is 156 Å². The summed E-state index contributed by atoms with van der Waals surface area (Å²) in [5, 5.41) is 21.5. The quantitative estimate of drug-likeness (QED) is 0.0429. The molecule has 2 aliphatic rings. The van der Waals surface area contributed by atoms with Gasteiger partial charge in [0.25, 0.3) is 0 Å². The normalized spacial score (nSPS) is 16.8. The molecule has 74 heavy (non-hydrogen) atoms. The molecule has 5 heteroatoms. The smallest absolute Gasteiger partial charge is 0.126 e. The Morgan fingerprint density at radius 1 is 0.797 bits per heavy atom. The molecule has 2 aromatic carbocycles. The maximum atomic E-state index is 11.8. The van der Waals surface area contributed by atoms with Gasteiger partial charge in [0.2, 0.25) is 0 Å². The first-order chi connectivity index (χ1) is 35.6. The van der Waals surface area contributed by atoms with Gasteiger partial charge in [0, 0.05) is 45.5 Å². The number of rotatable bonds is 21. The van der Waals surface area contributed by atoms with Gasteiger partial charge in [0.1, 0.15) is 11.5 Å². The first-order valence-corrected chi connectivity index (χ1v) is 28.6. The van der Waals surface area contributed by atoms with Gasteiger partial charge in [-0.15, -0.1) is 0 Å². The average Bonchev–Trinajstić information content (AvgIpc) is 3.43. The van der Waals surface area contributed by atoms with Crippen molar-refractivity contribution in [1.82, 2.24) is 0 Å². The second-order valence-electron chi connectivity index (χ2n) is 18.1. The molecule has 2 N–H and O–H groups in total. The lowest BCUT2D eigenvalue weighted by molar-refractivity contribution is 0.196. The van der Waals surface area contributed by atoms with Crippen LogP contribution in [-0.2, 0) is 8.92 Å². The van der Waals surface area contributed by atoms with Gasteiger partial charge in [-0.05, 0) is 136 Å². The van der Waals surface area contributed by atoms with Crippen LogP contribution in [0, 0.1) is 23.2 Å². The van der Waals surface area contributed by atoms with Crippen molar-refractivity contribution < 1.29 is 19.1 Å². The third kappa shape index (κ3) is 25.0. The highest BCUT2D eigenvalue weighted by molar-refractivity contribution is 7.94. The number of hydrogen-bond acceptors (Lipinski definition) is 5. The Balaban J connectivity index is 0. The number of ether oxygens (including phenoxy) is 1. The van der Waals surface area contributed by atoms with E-state index in [1.54, 1.807) is 0 Å². The Kier molecular flexibility index (Phi) is 40.5. The number of fused-ring (bicyclic) bond motifs is 1. The summed E-state index contributed by atoms with van der Waals surface area (Å²) >= 11 is 1.32. The molecule has 0 saturated heterocycles. The molecule has 2 unspecified atom stereocenters. The highest BCUT2D eigenvalue weighted by Crippen LogP contribution is 2.46. The topological polar surface area (TPSA) is 58.9 Å². The lowest BCUT2D eigenvalue weighted by Crippen LogP contribution is -2.24. The molecule has 0 aromatic heterocycles. The van der Waals surface area contributed by atoms with Crippen LogP contribution in [0.5, 0.6) is 0 Å². The average molecular weight is 1030 g/mol. The van der Waals surface area contributed by atoms with Crippen LogP contribution in [-0.4, -0.2) is 30.0 Å². The molecule has 2 atom stereocenters. The monoisotopic (exact) mass is 1030 g/mol. The number of aliphatic hydroxyl groups excluding tert-OH is 2. The fraction of sp³-hybridized carbons (Fsp3) is 0.449. The maximum Gasteiger partial charge on any atom is 0.126 e. The van der Waals surface area contributed by atoms with Crippen LogP contribution in [0.25, 0.3) is 11.6 Å².